The molecule has 1 amide bonds. The summed E-state index contributed by atoms with van der Waals surface area (Å²) in [7, 11) is 0. The van der Waals surface area contributed by atoms with E-state index in [0.29, 0.717) is 43.9 Å². The quantitative estimate of drug-likeness (QED) is 0.111. The fourth-order valence-corrected chi connectivity index (χ4v) is 4.79. The number of rotatable bonds is 5. The molecule has 7 nitrogen and oxygen atoms in total. The van der Waals surface area contributed by atoms with Gasteiger partial charge in [-0.05, 0) is 97.9 Å². The Balaban J connectivity index is 1.24. The predicted octanol–water partition coefficient (Wildman–Crippen LogP) is 7.91. The van der Waals surface area contributed by atoms with Crippen molar-refractivity contribution in [2.45, 2.75) is 13.8 Å². The number of anilines is 1. The van der Waals surface area contributed by atoms with Crippen LogP contribution in [0.15, 0.2) is 75.6 Å². The summed E-state index contributed by atoms with van der Waals surface area (Å²) in [5.74, 6) is 0.832. The summed E-state index contributed by atoms with van der Waals surface area (Å²) < 4.78 is 11.7. The second-order valence-corrected chi connectivity index (χ2v) is 10.1. The molecule has 3 N–H and O–H groups in total. The number of phenolic OH excluding ortho intramolecular Hbond substituents is 1. The van der Waals surface area contributed by atoms with E-state index < -0.39 is 5.91 Å². The van der Waals surface area contributed by atoms with Crippen LogP contribution in [0, 0.1) is 13.8 Å². The van der Waals surface area contributed by atoms with Crippen molar-refractivity contribution in [3.63, 3.8) is 0 Å². The molecule has 0 saturated heterocycles. The third-order valence-electron chi connectivity index (χ3n) is 5.71. The minimum atomic E-state index is -0.458. The van der Waals surface area contributed by atoms with Crippen LogP contribution in [0.3, 0.4) is 0 Å². The topological polar surface area (TPSA) is 101 Å². The van der Waals surface area contributed by atoms with Gasteiger partial charge in [-0.1, -0.05) is 29.3 Å². The zero-order valence-corrected chi connectivity index (χ0v) is 23.0. The van der Waals surface area contributed by atoms with Gasteiger partial charge in [-0.25, -0.2) is 4.98 Å². The largest absolute Gasteiger partial charge is 0.507 e. The lowest BCUT2D eigenvalue weighted by atomic mass is 10.1. The maximum atomic E-state index is 12.4. The van der Waals surface area contributed by atoms with Gasteiger partial charge in [0.1, 0.15) is 22.8 Å². The Morgan fingerprint density at radius 3 is 2.54 bits per heavy atom. The van der Waals surface area contributed by atoms with Gasteiger partial charge >= 0.3 is 0 Å². The van der Waals surface area contributed by atoms with Crippen LogP contribution in [0.25, 0.3) is 40.0 Å². The van der Waals surface area contributed by atoms with Crippen molar-refractivity contribution in [1.29, 1.82) is 0 Å². The van der Waals surface area contributed by atoms with Crippen LogP contribution >= 0.6 is 35.4 Å². The van der Waals surface area contributed by atoms with Gasteiger partial charge in [-0.3, -0.25) is 10.1 Å². The zero-order chi connectivity index (χ0) is 27.7. The lowest BCUT2D eigenvalue weighted by Gasteiger charge is -2.10. The lowest BCUT2D eigenvalue weighted by Crippen LogP contribution is -2.32. The van der Waals surface area contributed by atoms with Crippen LogP contribution in [-0.4, -0.2) is 21.1 Å². The SMILES string of the molecule is Cc1cc(C)c2oc(-c3cc(NC(=S)NC(=O)/C=C/c4ccc(-c5cc(Cl)cc(Cl)c5)o4)ccc3O)nc2c1. The molecule has 0 aliphatic heterocycles. The van der Waals surface area contributed by atoms with E-state index in [9.17, 15) is 9.90 Å². The second-order valence-electron chi connectivity index (χ2n) is 8.82. The number of hydrogen-bond acceptors (Lipinski definition) is 6. The van der Waals surface area contributed by atoms with Crippen molar-refractivity contribution in [2.24, 2.45) is 0 Å². The highest BCUT2D eigenvalue weighted by Crippen LogP contribution is 2.34. The molecule has 0 bridgehead atoms. The maximum Gasteiger partial charge on any atom is 0.250 e. The number of thiocarbonyl (C=S) groups is 1. The Labute approximate surface area is 239 Å². The Bertz CT molecular complexity index is 1750. The fourth-order valence-electron chi connectivity index (χ4n) is 4.04. The van der Waals surface area contributed by atoms with Gasteiger partial charge in [0.25, 0.3) is 0 Å². The third kappa shape index (κ3) is 6.15. The summed E-state index contributed by atoms with van der Waals surface area (Å²) in [4.78, 5) is 16.9. The Kier molecular flexibility index (Phi) is 7.43. The average Bonchev–Trinajstić information content (AvgIpc) is 3.51. The summed E-state index contributed by atoms with van der Waals surface area (Å²) >= 11 is 17.4. The molecule has 0 aliphatic carbocycles. The first-order valence-electron chi connectivity index (χ1n) is 11.7. The highest BCUT2D eigenvalue weighted by molar-refractivity contribution is 7.80. The molecule has 0 spiro atoms. The summed E-state index contributed by atoms with van der Waals surface area (Å²) in [5, 5.41) is 17.0. The van der Waals surface area contributed by atoms with Crippen molar-refractivity contribution in [3.8, 4) is 28.5 Å². The summed E-state index contributed by atoms with van der Waals surface area (Å²) in [6, 6.07) is 17.3. The molecule has 0 atom stereocenters. The number of fused-ring (bicyclic) bond motifs is 1. The second kappa shape index (κ2) is 10.9. The average molecular weight is 578 g/mol. The molecule has 5 rings (SSSR count). The van der Waals surface area contributed by atoms with Gasteiger partial charge in [-0.15, -0.1) is 0 Å². The van der Waals surface area contributed by atoms with E-state index in [1.54, 1.807) is 42.5 Å². The standard InChI is InChI=1S/C29H21Cl2N3O4S/c1-15-9-16(2)27-23(10-15)33-28(38-27)22-14-20(3-6-24(22)35)32-29(39)34-26(36)8-5-21-4-7-25(37-21)17-11-18(30)13-19(31)12-17/h3-14,35H,1-2H3,(H2,32,34,36,39)/b8-5+. The van der Waals surface area contributed by atoms with Gasteiger partial charge in [-0.2, -0.15) is 0 Å². The van der Waals surface area contributed by atoms with Gasteiger partial charge in [0.2, 0.25) is 11.8 Å². The molecule has 39 heavy (non-hydrogen) atoms. The Morgan fingerprint density at radius 1 is 1.00 bits per heavy atom. The zero-order valence-electron chi connectivity index (χ0n) is 20.7. The molecule has 2 aromatic heterocycles. The number of carbonyl (C=O) groups is 1. The van der Waals surface area contributed by atoms with Crippen LogP contribution in [0.5, 0.6) is 5.75 Å². The first kappa shape index (κ1) is 26.5. The van der Waals surface area contributed by atoms with Crippen molar-refractivity contribution in [1.82, 2.24) is 10.3 Å². The molecule has 196 valence electrons. The van der Waals surface area contributed by atoms with E-state index >= 15 is 0 Å². The monoisotopic (exact) mass is 577 g/mol. The molecule has 0 aliphatic rings. The number of oxazole rings is 1. The molecule has 5 aromatic rings. The van der Waals surface area contributed by atoms with E-state index in [4.69, 9.17) is 44.3 Å². The maximum absolute atomic E-state index is 12.4. The summed E-state index contributed by atoms with van der Waals surface area (Å²) in [6.45, 7) is 3.92. The number of hydrogen-bond donors (Lipinski definition) is 3. The number of benzene rings is 3. The normalized spacial score (nSPS) is 11.3. The number of aryl methyl sites for hydroxylation is 2. The molecule has 3 aromatic carbocycles. The van der Waals surface area contributed by atoms with E-state index in [0.717, 1.165) is 16.7 Å². The van der Waals surface area contributed by atoms with Crippen LogP contribution < -0.4 is 10.6 Å². The van der Waals surface area contributed by atoms with Crippen molar-refractivity contribution < 1.29 is 18.7 Å². The van der Waals surface area contributed by atoms with Crippen LogP contribution in [0.4, 0.5) is 5.69 Å². The van der Waals surface area contributed by atoms with E-state index in [2.05, 4.69) is 15.6 Å². The molecular formula is C29H21Cl2N3O4S. The highest BCUT2D eigenvalue weighted by Gasteiger charge is 2.15. The number of aromatic nitrogens is 1. The first-order valence-corrected chi connectivity index (χ1v) is 12.9. The number of nitrogens with one attached hydrogen (secondary N) is 2. The molecule has 0 fully saturated rings. The van der Waals surface area contributed by atoms with Crippen LogP contribution in [0.1, 0.15) is 16.9 Å². The van der Waals surface area contributed by atoms with Gasteiger partial charge in [0.05, 0.1) is 5.56 Å². The van der Waals surface area contributed by atoms with Crippen LogP contribution in [0.2, 0.25) is 10.0 Å². The highest BCUT2D eigenvalue weighted by atomic mass is 35.5. The molecule has 0 radical (unpaired) electrons. The van der Waals surface area contributed by atoms with Gasteiger partial charge in [0, 0.05) is 27.4 Å². The number of nitrogens with zero attached hydrogens (tertiary/aromatic N) is 1. The number of phenols is 1. The van der Waals surface area contributed by atoms with E-state index in [1.165, 1.54) is 18.2 Å². The smallest absolute Gasteiger partial charge is 0.250 e. The Hall–Kier alpha value is -4.11. The van der Waals surface area contributed by atoms with Crippen molar-refractivity contribution in [3.05, 3.63) is 93.7 Å². The van der Waals surface area contributed by atoms with E-state index in [1.807, 2.05) is 26.0 Å². The summed E-state index contributed by atoms with van der Waals surface area (Å²) in [5.41, 5.74) is 5.01. The van der Waals surface area contributed by atoms with Gasteiger partial charge < -0.3 is 19.3 Å². The number of amides is 1. The minimum Gasteiger partial charge on any atom is -0.507 e. The molecule has 10 heteroatoms. The van der Waals surface area contributed by atoms with Crippen molar-refractivity contribution >= 4 is 69.3 Å². The summed E-state index contributed by atoms with van der Waals surface area (Å²) in [6.07, 6.45) is 2.82. The number of aromatic hydroxyl groups is 1. The van der Waals surface area contributed by atoms with Crippen LogP contribution in [-0.2, 0) is 4.79 Å². The number of halogens is 2. The fraction of sp³-hybridized carbons (Fsp3) is 0.0690. The minimum absolute atomic E-state index is 0.00256. The van der Waals surface area contributed by atoms with Crippen molar-refractivity contribution in [2.75, 3.05) is 5.32 Å². The molecule has 0 saturated carbocycles. The Morgan fingerprint density at radius 2 is 1.77 bits per heavy atom. The number of carbonyl (C=O) groups excluding carboxylic acids is 1. The first-order chi connectivity index (χ1) is 18.6. The van der Waals surface area contributed by atoms with E-state index in [-0.39, 0.29) is 16.8 Å². The predicted molar refractivity (Wildman–Crippen MR) is 158 cm³/mol. The molecule has 2 heterocycles. The lowest BCUT2D eigenvalue weighted by molar-refractivity contribution is -0.115. The van der Waals surface area contributed by atoms with Gasteiger partial charge in [0.15, 0.2) is 10.7 Å². The number of furan rings is 1. The third-order valence-corrected chi connectivity index (χ3v) is 6.36. The molecule has 0 unspecified atom stereocenters. The molecular weight excluding hydrogens is 557 g/mol.